The minimum atomic E-state index is -4.55. The number of hydrogen-bond donors (Lipinski definition) is 3. The van der Waals surface area contributed by atoms with Crippen molar-refractivity contribution in [1.82, 2.24) is 10.0 Å². The lowest BCUT2D eigenvalue weighted by atomic mass is 10.00. The van der Waals surface area contributed by atoms with Crippen LogP contribution in [0, 0.1) is 6.92 Å². The van der Waals surface area contributed by atoms with Crippen LogP contribution in [0.25, 0.3) is 16.0 Å². The molecule has 0 saturated heterocycles. The highest BCUT2D eigenvalue weighted by molar-refractivity contribution is 7.90. The Bertz CT molecular complexity index is 1400. The van der Waals surface area contributed by atoms with E-state index >= 15 is 0 Å². The number of aryl methyl sites for hydroxylation is 1. The molecule has 1 aliphatic rings. The number of thiol groups is 1. The third-order valence-corrected chi connectivity index (χ3v) is 7.63. The third kappa shape index (κ3) is 6.91. The largest absolute Gasteiger partial charge is 0.417 e. The Hall–Kier alpha value is -2.88. The van der Waals surface area contributed by atoms with Gasteiger partial charge in [-0.05, 0) is 77.9 Å². The number of rotatable bonds is 8. The molecule has 3 aromatic carbocycles. The van der Waals surface area contributed by atoms with Crippen LogP contribution >= 0.6 is 12.6 Å². The number of nitrogens with zero attached hydrogens (tertiary/aromatic N) is 1. The second-order valence-corrected chi connectivity index (χ2v) is 10.5. The summed E-state index contributed by atoms with van der Waals surface area (Å²) < 4.78 is 54.7. The molecule has 0 aliphatic carbocycles. The molecule has 9 heteroatoms. The van der Waals surface area contributed by atoms with Gasteiger partial charge in [-0.15, -0.1) is 12.6 Å². The smallest absolute Gasteiger partial charge is 0.386 e. The van der Waals surface area contributed by atoms with E-state index in [2.05, 4.69) is 59.9 Å². The van der Waals surface area contributed by atoms with Crippen LogP contribution in [0.3, 0.4) is 0 Å². The zero-order valence-electron chi connectivity index (χ0n) is 20.3. The van der Waals surface area contributed by atoms with E-state index in [1.54, 1.807) is 0 Å². The van der Waals surface area contributed by atoms with Crippen LogP contribution in [0.2, 0.25) is 0 Å². The van der Waals surface area contributed by atoms with Crippen LogP contribution in [0.5, 0.6) is 0 Å². The SMILES string of the molecule is Cc1ccccc1-c1cc2c(cc(=NCCCCNS(=O)c3ccccc3C(F)(F)F)c1)CNC=C2S. The molecular formula is C28H28F3N3OS2. The van der Waals surface area contributed by atoms with Gasteiger partial charge in [0, 0.05) is 30.7 Å². The molecule has 0 aromatic heterocycles. The molecule has 194 valence electrons. The van der Waals surface area contributed by atoms with E-state index < -0.39 is 22.7 Å². The molecule has 1 atom stereocenters. The van der Waals surface area contributed by atoms with E-state index in [1.807, 2.05) is 18.3 Å². The molecule has 2 N–H and O–H groups in total. The monoisotopic (exact) mass is 543 g/mol. The van der Waals surface area contributed by atoms with Gasteiger partial charge in [0.1, 0.15) is 11.0 Å². The lowest BCUT2D eigenvalue weighted by molar-refractivity contribution is -0.139. The van der Waals surface area contributed by atoms with Crippen LogP contribution in [-0.2, 0) is 23.7 Å². The summed E-state index contributed by atoms with van der Waals surface area (Å²) in [6, 6.07) is 19.4. The summed E-state index contributed by atoms with van der Waals surface area (Å²) in [6.45, 7) is 3.61. The fraction of sp³-hybridized carbons (Fsp3) is 0.250. The average Bonchev–Trinajstić information content (AvgIpc) is 3.06. The Balaban J connectivity index is 1.45. The maximum atomic E-state index is 13.2. The van der Waals surface area contributed by atoms with Crippen LogP contribution in [0.4, 0.5) is 13.2 Å². The summed E-state index contributed by atoms with van der Waals surface area (Å²) in [5.41, 5.74) is 4.63. The first kappa shape index (κ1) is 27.2. The van der Waals surface area contributed by atoms with Gasteiger partial charge in [0.05, 0.1) is 15.8 Å². The molecule has 0 fully saturated rings. The molecule has 37 heavy (non-hydrogen) atoms. The van der Waals surface area contributed by atoms with Crippen LogP contribution in [-0.4, -0.2) is 17.3 Å². The first-order valence-electron chi connectivity index (χ1n) is 11.9. The van der Waals surface area contributed by atoms with Crippen LogP contribution in [0.15, 0.2) is 82.8 Å². The number of nitrogens with one attached hydrogen (secondary N) is 2. The predicted molar refractivity (Wildman–Crippen MR) is 146 cm³/mol. The fourth-order valence-corrected chi connectivity index (χ4v) is 5.53. The van der Waals surface area contributed by atoms with Crippen molar-refractivity contribution in [2.45, 2.75) is 37.4 Å². The predicted octanol–water partition coefficient (Wildman–Crippen LogP) is 6.01. The van der Waals surface area contributed by atoms with Gasteiger partial charge in [-0.25, -0.2) is 8.93 Å². The van der Waals surface area contributed by atoms with Crippen molar-refractivity contribution < 1.29 is 17.4 Å². The van der Waals surface area contributed by atoms with E-state index in [0.29, 0.717) is 32.5 Å². The summed E-state index contributed by atoms with van der Waals surface area (Å²) in [4.78, 5) is 5.40. The van der Waals surface area contributed by atoms with Gasteiger partial charge in [0.15, 0.2) is 0 Å². The topological polar surface area (TPSA) is 53.5 Å². The molecule has 0 spiro atoms. The maximum absolute atomic E-state index is 13.2. The lowest BCUT2D eigenvalue weighted by Crippen LogP contribution is -2.22. The van der Waals surface area contributed by atoms with Crippen molar-refractivity contribution >= 4 is 28.5 Å². The van der Waals surface area contributed by atoms with Crippen LogP contribution < -0.4 is 15.4 Å². The number of halogens is 3. The Labute approximate surface area is 222 Å². The molecular weight excluding hydrogens is 515 g/mol. The van der Waals surface area contributed by atoms with E-state index in [4.69, 9.17) is 4.99 Å². The molecule has 1 unspecified atom stereocenters. The second kappa shape index (κ2) is 12.1. The number of alkyl halides is 3. The highest BCUT2D eigenvalue weighted by atomic mass is 32.2. The number of hydrogen-bond acceptors (Lipinski definition) is 4. The summed E-state index contributed by atoms with van der Waals surface area (Å²) in [5.74, 6) is 0. The van der Waals surface area contributed by atoms with Gasteiger partial charge in [0.2, 0.25) is 0 Å². The normalized spacial score (nSPS) is 14.5. The van der Waals surface area contributed by atoms with Gasteiger partial charge in [-0.2, -0.15) is 13.2 Å². The van der Waals surface area contributed by atoms with Gasteiger partial charge in [-0.1, -0.05) is 36.4 Å². The standard InChI is InChI=1S/C28H28F3N3OS2/c1-19-8-2-3-9-23(19)20-14-22(15-21-17-32-18-26(36)24(21)16-20)33-12-6-7-13-34-37(35)27-11-5-4-10-25(27)28(29,30)31/h2-5,8-11,14-16,18,32,34,36H,6-7,12-13,17H2,1H3. The van der Waals surface area contributed by atoms with Gasteiger partial charge >= 0.3 is 6.18 Å². The Morgan fingerprint density at radius 3 is 2.57 bits per heavy atom. The quantitative estimate of drug-likeness (QED) is 0.241. The summed E-state index contributed by atoms with van der Waals surface area (Å²) in [6.07, 6.45) is -1.33. The zero-order chi connectivity index (χ0) is 26.4. The van der Waals surface area contributed by atoms with Crippen LogP contribution in [0.1, 0.15) is 35.1 Å². The van der Waals surface area contributed by atoms with E-state index in [0.717, 1.165) is 44.1 Å². The molecule has 4 nitrogen and oxygen atoms in total. The molecule has 0 bridgehead atoms. The molecule has 0 radical (unpaired) electrons. The summed E-state index contributed by atoms with van der Waals surface area (Å²) in [7, 11) is -1.94. The highest BCUT2D eigenvalue weighted by Crippen LogP contribution is 2.33. The van der Waals surface area contributed by atoms with Gasteiger partial charge in [0.25, 0.3) is 0 Å². The first-order valence-corrected chi connectivity index (χ1v) is 13.5. The third-order valence-electron chi connectivity index (χ3n) is 6.04. The minimum Gasteiger partial charge on any atom is -0.386 e. The van der Waals surface area contributed by atoms with Crippen molar-refractivity contribution in [1.29, 1.82) is 0 Å². The Morgan fingerprint density at radius 2 is 1.78 bits per heavy atom. The lowest BCUT2D eigenvalue weighted by Gasteiger charge is -2.14. The van der Waals surface area contributed by atoms with Gasteiger partial charge < -0.3 is 5.32 Å². The zero-order valence-corrected chi connectivity index (χ0v) is 22.0. The highest BCUT2D eigenvalue weighted by Gasteiger charge is 2.34. The Kier molecular flexibility index (Phi) is 8.89. The summed E-state index contributed by atoms with van der Waals surface area (Å²) in [5, 5.41) is 4.08. The van der Waals surface area contributed by atoms with E-state index in [-0.39, 0.29) is 4.90 Å². The minimum absolute atomic E-state index is 0.254. The molecule has 1 heterocycles. The van der Waals surface area contributed by atoms with Crippen molar-refractivity contribution in [2.24, 2.45) is 4.99 Å². The fourth-order valence-electron chi connectivity index (χ4n) is 4.16. The first-order chi connectivity index (χ1) is 17.7. The van der Waals surface area contributed by atoms with Crippen molar-refractivity contribution in [3.05, 3.63) is 101 Å². The van der Waals surface area contributed by atoms with Crippen molar-refractivity contribution in [2.75, 3.05) is 13.1 Å². The summed E-state index contributed by atoms with van der Waals surface area (Å²) >= 11 is 4.64. The van der Waals surface area contributed by atoms with Crippen molar-refractivity contribution in [3.63, 3.8) is 0 Å². The molecule has 1 aliphatic heterocycles. The maximum Gasteiger partial charge on any atom is 0.417 e. The number of fused-ring (bicyclic) bond motifs is 1. The molecule has 0 amide bonds. The van der Waals surface area contributed by atoms with E-state index in [1.165, 1.54) is 18.2 Å². The Morgan fingerprint density at radius 1 is 1.03 bits per heavy atom. The second-order valence-electron chi connectivity index (χ2n) is 8.72. The van der Waals surface area contributed by atoms with Gasteiger partial charge in [-0.3, -0.25) is 4.99 Å². The molecule has 0 saturated carbocycles. The number of benzene rings is 2. The average molecular weight is 544 g/mol. The van der Waals surface area contributed by atoms with E-state index in [9.17, 15) is 17.4 Å². The molecule has 4 rings (SSSR count). The number of unbranched alkanes of at least 4 members (excludes halogenated alkanes) is 1. The van der Waals surface area contributed by atoms with Crippen molar-refractivity contribution in [3.8, 4) is 11.1 Å². The molecule has 3 aromatic rings.